The van der Waals surface area contributed by atoms with Crippen LogP contribution in [0.5, 0.6) is 0 Å². The van der Waals surface area contributed by atoms with E-state index in [1.165, 1.54) is 19.3 Å². The third kappa shape index (κ3) is 2.85. The van der Waals surface area contributed by atoms with Crippen LogP contribution in [0.15, 0.2) is 6.07 Å². The van der Waals surface area contributed by atoms with Gasteiger partial charge in [0.2, 0.25) is 0 Å². The van der Waals surface area contributed by atoms with Gasteiger partial charge >= 0.3 is 0 Å². The summed E-state index contributed by atoms with van der Waals surface area (Å²) in [4.78, 5) is 11.0. The predicted molar refractivity (Wildman–Crippen MR) is 69.8 cm³/mol. The van der Waals surface area contributed by atoms with Gasteiger partial charge in [0.25, 0.3) is 0 Å². The average molecular weight is 235 g/mol. The maximum atomic E-state index is 5.42. The molecule has 1 aromatic rings. The lowest BCUT2D eigenvalue weighted by Gasteiger charge is -2.30. The van der Waals surface area contributed by atoms with Gasteiger partial charge in [0.05, 0.1) is 0 Å². The Labute approximate surface area is 102 Å². The normalized spacial score (nSPS) is 15.5. The lowest BCUT2D eigenvalue weighted by Crippen LogP contribution is -2.30. The minimum absolute atomic E-state index is 0.687. The summed E-state index contributed by atoms with van der Waals surface area (Å²) in [7, 11) is 2.08. The summed E-state index contributed by atoms with van der Waals surface area (Å²) in [5, 5.41) is 0. The first-order valence-corrected chi connectivity index (χ1v) is 6.28. The number of rotatable bonds is 5. The lowest BCUT2D eigenvalue weighted by atomic mass is 9.85. The zero-order valence-corrected chi connectivity index (χ0v) is 10.6. The number of hydrogen-bond acceptors (Lipinski definition) is 5. The van der Waals surface area contributed by atoms with Crippen molar-refractivity contribution >= 4 is 11.6 Å². The molecule has 1 fully saturated rings. The van der Waals surface area contributed by atoms with E-state index in [1.54, 1.807) is 0 Å². The van der Waals surface area contributed by atoms with Gasteiger partial charge in [0.1, 0.15) is 17.5 Å². The summed E-state index contributed by atoms with van der Waals surface area (Å²) in [5.74, 6) is 8.72. The second-order valence-electron chi connectivity index (χ2n) is 4.70. The Morgan fingerprint density at radius 3 is 2.76 bits per heavy atom. The van der Waals surface area contributed by atoms with Gasteiger partial charge in [0, 0.05) is 26.1 Å². The highest BCUT2D eigenvalue weighted by Gasteiger charge is 2.20. The fourth-order valence-electron chi connectivity index (χ4n) is 2.07. The number of aryl methyl sites for hydroxylation is 1. The van der Waals surface area contributed by atoms with Crippen LogP contribution in [0.1, 0.15) is 32.0 Å². The van der Waals surface area contributed by atoms with Crippen molar-refractivity contribution in [2.75, 3.05) is 23.9 Å². The molecule has 1 heterocycles. The van der Waals surface area contributed by atoms with Crippen LogP contribution in [0.25, 0.3) is 0 Å². The summed E-state index contributed by atoms with van der Waals surface area (Å²) < 4.78 is 0. The van der Waals surface area contributed by atoms with E-state index in [0.717, 1.165) is 30.5 Å². The Morgan fingerprint density at radius 2 is 2.24 bits per heavy atom. The minimum Gasteiger partial charge on any atom is -0.359 e. The summed E-state index contributed by atoms with van der Waals surface area (Å²) in [5.41, 5.74) is 2.60. The van der Waals surface area contributed by atoms with E-state index in [0.29, 0.717) is 5.82 Å². The van der Waals surface area contributed by atoms with Crippen LogP contribution in [0.2, 0.25) is 0 Å². The molecular formula is C12H21N5. The summed E-state index contributed by atoms with van der Waals surface area (Å²) in [6.45, 7) is 3.12. The van der Waals surface area contributed by atoms with Crippen molar-refractivity contribution in [2.24, 2.45) is 11.8 Å². The van der Waals surface area contributed by atoms with Gasteiger partial charge in [-0.05, 0) is 18.8 Å². The van der Waals surface area contributed by atoms with Crippen molar-refractivity contribution < 1.29 is 0 Å². The maximum absolute atomic E-state index is 5.42. The van der Waals surface area contributed by atoms with Gasteiger partial charge in [-0.25, -0.2) is 15.8 Å². The SMILES string of the molecule is CCc1nc(NN)cc(N(C)CC2CCC2)n1. The topological polar surface area (TPSA) is 67.1 Å². The Kier molecular flexibility index (Phi) is 3.78. The molecule has 0 amide bonds. The number of anilines is 2. The highest BCUT2D eigenvalue weighted by atomic mass is 15.3. The highest BCUT2D eigenvalue weighted by Crippen LogP contribution is 2.28. The monoisotopic (exact) mass is 235 g/mol. The van der Waals surface area contributed by atoms with Crippen LogP contribution in [0, 0.1) is 5.92 Å². The first-order valence-electron chi connectivity index (χ1n) is 6.28. The molecule has 1 aromatic heterocycles. The molecule has 5 nitrogen and oxygen atoms in total. The van der Waals surface area contributed by atoms with Crippen molar-refractivity contribution in [3.05, 3.63) is 11.9 Å². The lowest BCUT2D eigenvalue weighted by molar-refractivity contribution is 0.321. The van der Waals surface area contributed by atoms with Crippen molar-refractivity contribution in [1.29, 1.82) is 0 Å². The molecule has 0 unspecified atom stereocenters. The van der Waals surface area contributed by atoms with Crippen LogP contribution in [-0.2, 0) is 6.42 Å². The molecule has 17 heavy (non-hydrogen) atoms. The molecule has 0 saturated heterocycles. The first-order chi connectivity index (χ1) is 8.22. The number of hydrogen-bond donors (Lipinski definition) is 2. The smallest absolute Gasteiger partial charge is 0.145 e. The van der Waals surface area contributed by atoms with Crippen molar-refractivity contribution in [3.63, 3.8) is 0 Å². The Morgan fingerprint density at radius 1 is 1.47 bits per heavy atom. The minimum atomic E-state index is 0.687. The Hall–Kier alpha value is -1.36. The number of nitrogen functional groups attached to an aromatic ring is 1. The largest absolute Gasteiger partial charge is 0.359 e. The number of hydrazine groups is 1. The van der Waals surface area contributed by atoms with Crippen LogP contribution in [-0.4, -0.2) is 23.6 Å². The van der Waals surface area contributed by atoms with E-state index < -0.39 is 0 Å². The zero-order valence-electron chi connectivity index (χ0n) is 10.6. The van der Waals surface area contributed by atoms with Crippen molar-refractivity contribution in [2.45, 2.75) is 32.6 Å². The predicted octanol–water partition coefficient (Wildman–Crippen LogP) is 1.56. The molecule has 5 heteroatoms. The van der Waals surface area contributed by atoms with Crippen molar-refractivity contribution in [3.8, 4) is 0 Å². The maximum Gasteiger partial charge on any atom is 0.145 e. The van der Waals surface area contributed by atoms with Crippen LogP contribution in [0.3, 0.4) is 0 Å². The van der Waals surface area contributed by atoms with Gasteiger partial charge in [-0.2, -0.15) is 0 Å². The third-order valence-corrected chi connectivity index (χ3v) is 3.37. The van der Waals surface area contributed by atoms with Crippen LogP contribution < -0.4 is 16.2 Å². The Balaban J connectivity index is 2.11. The van der Waals surface area contributed by atoms with E-state index in [4.69, 9.17) is 5.84 Å². The zero-order chi connectivity index (χ0) is 12.3. The van der Waals surface area contributed by atoms with Gasteiger partial charge in [0.15, 0.2) is 0 Å². The number of nitrogens with one attached hydrogen (secondary N) is 1. The summed E-state index contributed by atoms with van der Waals surface area (Å²) >= 11 is 0. The molecule has 2 rings (SSSR count). The number of nitrogens with zero attached hydrogens (tertiary/aromatic N) is 3. The molecule has 1 aliphatic rings. The highest BCUT2D eigenvalue weighted by molar-refractivity contribution is 5.48. The quantitative estimate of drug-likeness (QED) is 0.599. The molecular weight excluding hydrogens is 214 g/mol. The van der Waals surface area contributed by atoms with Crippen molar-refractivity contribution in [1.82, 2.24) is 9.97 Å². The fourth-order valence-corrected chi connectivity index (χ4v) is 2.07. The molecule has 0 aliphatic heterocycles. The number of nitrogens with two attached hydrogens (primary N) is 1. The molecule has 0 aromatic carbocycles. The molecule has 0 spiro atoms. The van der Waals surface area contributed by atoms with E-state index in [9.17, 15) is 0 Å². The van der Waals surface area contributed by atoms with Gasteiger partial charge < -0.3 is 10.3 Å². The van der Waals surface area contributed by atoms with Gasteiger partial charge in [-0.15, -0.1) is 0 Å². The van der Waals surface area contributed by atoms with E-state index >= 15 is 0 Å². The van der Waals surface area contributed by atoms with Crippen LogP contribution in [0.4, 0.5) is 11.6 Å². The molecule has 0 radical (unpaired) electrons. The molecule has 1 aliphatic carbocycles. The second-order valence-corrected chi connectivity index (χ2v) is 4.70. The standard InChI is InChI=1S/C12H21N5/c1-3-10-14-11(16-13)7-12(15-10)17(2)8-9-5-4-6-9/h7,9H,3-6,8,13H2,1-2H3,(H,14,15,16). The summed E-state index contributed by atoms with van der Waals surface area (Å²) in [6.07, 6.45) is 4.88. The molecule has 0 atom stereocenters. The van der Waals surface area contributed by atoms with Gasteiger partial charge in [-0.3, -0.25) is 0 Å². The van der Waals surface area contributed by atoms with E-state index in [-0.39, 0.29) is 0 Å². The Bertz CT molecular complexity index is 353. The van der Waals surface area contributed by atoms with E-state index in [1.807, 2.05) is 13.0 Å². The van der Waals surface area contributed by atoms with E-state index in [2.05, 4.69) is 27.3 Å². The second kappa shape index (κ2) is 5.31. The molecule has 0 bridgehead atoms. The summed E-state index contributed by atoms with van der Waals surface area (Å²) in [6, 6.07) is 1.90. The first kappa shape index (κ1) is 12.1. The molecule has 94 valence electrons. The fraction of sp³-hybridized carbons (Fsp3) is 0.667. The number of aromatic nitrogens is 2. The molecule has 3 N–H and O–H groups in total. The molecule has 1 saturated carbocycles. The average Bonchev–Trinajstić information content (AvgIpc) is 2.32. The third-order valence-electron chi connectivity index (χ3n) is 3.37. The van der Waals surface area contributed by atoms with Gasteiger partial charge in [-0.1, -0.05) is 13.3 Å². The van der Waals surface area contributed by atoms with Crippen LogP contribution >= 0.6 is 0 Å².